The first-order valence-electron chi connectivity index (χ1n) is 12.5. The van der Waals surface area contributed by atoms with Crippen LogP contribution in [0.4, 0.5) is 9.59 Å². The number of alkyl carbamates (subject to hydrolysis) is 2. The quantitative estimate of drug-likeness (QED) is 0.580. The number of rotatable bonds is 5. The summed E-state index contributed by atoms with van der Waals surface area (Å²) < 4.78 is 11.0. The molecule has 34 heavy (non-hydrogen) atoms. The van der Waals surface area contributed by atoms with Gasteiger partial charge < -0.3 is 19.5 Å². The third-order valence-corrected chi connectivity index (χ3v) is 9.53. The summed E-state index contributed by atoms with van der Waals surface area (Å²) in [7, 11) is 3.71. The van der Waals surface area contributed by atoms with Crippen molar-refractivity contribution in [2.45, 2.75) is 72.0 Å². The van der Waals surface area contributed by atoms with E-state index in [2.05, 4.69) is 32.7 Å². The van der Waals surface area contributed by atoms with E-state index in [1.54, 1.807) is 6.08 Å². The maximum Gasteiger partial charge on any atom is 0.416 e. The van der Waals surface area contributed by atoms with Gasteiger partial charge in [0.25, 0.3) is 0 Å². The topological polar surface area (TPSA) is 105 Å². The maximum absolute atomic E-state index is 13.4. The summed E-state index contributed by atoms with van der Waals surface area (Å²) in [6.07, 6.45) is 1.83. The Labute approximate surface area is 203 Å². The lowest BCUT2D eigenvalue weighted by Gasteiger charge is -2.61. The van der Waals surface area contributed by atoms with Gasteiger partial charge in [0.15, 0.2) is 0 Å². The van der Waals surface area contributed by atoms with Crippen molar-refractivity contribution in [3.05, 3.63) is 12.7 Å². The van der Waals surface area contributed by atoms with Gasteiger partial charge in [0, 0.05) is 29.7 Å². The second kappa shape index (κ2) is 9.61. The summed E-state index contributed by atoms with van der Waals surface area (Å²) in [6.45, 7) is 12.8. The molecule has 1 unspecified atom stereocenters. The van der Waals surface area contributed by atoms with Crippen LogP contribution in [0.5, 0.6) is 0 Å². The SMILES string of the molecule is C=C[C@]1(C)C[C@@H](OC(=O)NC(=O)OCCN(C)C)[C@@]2(C)C(C)CC[C@]3(CCC(=O)[C@H]32)[C@@H](C)[C@@H]1O. The average molecular weight is 479 g/mol. The molecule has 3 saturated carbocycles. The zero-order valence-corrected chi connectivity index (χ0v) is 21.6. The Kier molecular flexibility index (Phi) is 7.54. The van der Waals surface area contributed by atoms with Crippen LogP contribution in [0.1, 0.15) is 59.8 Å². The van der Waals surface area contributed by atoms with Gasteiger partial charge in [-0.1, -0.05) is 33.8 Å². The summed E-state index contributed by atoms with van der Waals surface area (Å²) in [5.41, 5.74) is -1.69. The molecule has 0 radical (unpaired) electrons. The van der Waals surface area contributed by atoms with E-state index in [1.807, 2.05) is 25.9 Å². The number of aliphatic hydroxyl groups excluding tert-OH is 1. The van der Waals surface area contributed by atoms with Gasteiger partial charge in [-0.3, -0.25) is 4.79 Å². The van der Waals surface area contributed by atoms with Crippen molar-refractivity contribution in [1.82, 2.24) is 10.2 Å². The van der Waals surface area contributed by atoms with Gasteiger partial charge in [-0.15, -0.1) is 6.58 Å². The molecule has 2 N–H and O–H groups in total. The number of hydrogen-bond donors (Lipinski definition) is 2. The second-order valence-corrected chi connectivity index (χ2v) is 11.5. The summed E-state index contributed by atoms with van der Waals surface area (Å²) >= 11 is 0. The fraction of sp³-hybridized carbons (Fsp3) is 0.808. The van der Waals surface area contributed by atoms with Crippen LogP contribution in [0.25, 0.3) is 0 Å². The first-order chi connectivity index (χ1) is 15.8. The molecule has 8 heteroatoms. The number of nitrogens with zero attached hydrogens (tertiary/aromatic N) is 1. The number of nitrogens with one attached hydrogen (secondary N) is 1. The monoisotopic (exact) mass is 478 g/mol. The number of likely N-dealkylation sites (N-methyl/N-ethyl adjacent to an activating group) is 1. The number of amides is 2. The molecule has 192 valence electrons. The maximum atomic E-state index is 13.4. The molecule has 0 heterocycles. The Morgan fingerprint density at radius 1 is 1.24 bits per heavy atom. The number of imide groups is 1. The lowest BCUT2D eigenvalue weighted by Crippen LogP contribution is -2.63. The number of aliphatic hydroxyl groups is 1. The average Bonchev–Trinajstić information content (AvgIpc) is 3.12. The molecule has 3 rings (SSSR count). The molecule has 3 aliphatic carbocycles. The standard InChI is InChI=1S/C26H42N2O6/c1-8-24(4)15-19(34-23(32)27-22(31)33-14-13-28(6)7)25(5)16(2)9-11-26(17(3)21(24)30)12-10-18(29)20(25)26/h8,16-17,19-21,30H,1,9-15H2,2-7H3,(H,27,31,32)/t16?,17-,19+,20-,21-,24+,25+,26-/m0/s1. The smallest absolute Gasteiger partial charge is 0.416 e. The van der Waals surface area contributed by atoms with Gasteiger partial charge in [0.05, 0.1) is 6.10 Å². The molecule has 0 aromatic rings. The fourth-order valence-electron chi connectivity index (χ4n) is 7.10. The highest BCUT2D eigenvalue weighted by Gasteiger charge is 2.68. The van der Waals surface area contributed by atoms with E-state index in [4.69, 9.17) is 9.47 Å². The Morgan fingerprint density at radius 3 is 2.53 bits per heavy atom. The molecule has 0 spiro atoms. The third-order valence-electron chi connectivity index (χ3n) is 9.53. The van der Waals surface area contributed by atoms with E-state index in [-0.39, 0.29) is 35.6 Å². The summed E-state index contributed by atoms with van der Waals surface area (Å²) in [5.74, 6) is -0.103. The highest BCUT2D eigenvalue weighted by atomic mass is 16.6. The van der Waals surface area contributed by atoms with Gasteiger partial charge >= 0.3 is 12.2 Å². The lowest BCUT2D eigenvalue weighted by atomic mass is 9.44. The van der Waals surface area contributed by atoms with Crippen LogP contribution in [-0.4, -0.2) is 67.4 Å². The number of ether oxygens (including phenoxy) is 2. The van der Waals surface area contributed by atoms with Crippen molar-refractivity contribution < 1.29 is 29.0 Å². The molecule has 2 amide bonds. The van der Waals surface area contributed by atoms with Crippen molar-refractivity contribution in [3.8, 4) is 0 Å². The van der Waals surface area contributed by atoms with Crippen molar-refractivity contribution >= 4 is 18.0 Å². The zero-order chi connectivity index (χ0) is 25.5. The van der Waals surface area contributed by atoms with Crippen LogP contribution >= 0.6 is 0 Å². The lowest BCUT2D eigenvalue weighted by molar-refractivity contribution is -0.191. The number of hydrogen-bond acceptors (Lipinski definition) is 7. The molecule has 0 saturated heterocycles. The molecular formula is C26H42N2O6. The molecule has 8 nitrogen and oxygen atoms in total. The van der Waals surface area contributed by atoms with Gasteiger partial charge in [-0.25, -0.2) is 14.9 Å². The highest BCUT2D eigenvalue weighted by Crippen LogP contribution is 2.67. The first kappa shape index (κ1) is 26.7. The Bertz CT molecular complexity index is 830. The predicted molar refractivity (Wildman–Crippen MR) is 128 cm³/mol. The van der Waals surface area contributed by atoms with E-state index >= 15 is 0 Å². The number of ketones is 1. The van der Waals surface area contributed by atoms with Crippen LogP contribution in [0.2, 0.25) is 0 Å². The zero-order valence-electron chi connectivity index (χ0n) is 21.6. The Morgan fingerprint density at radius 2 is 1.91 bits per heavy atom. The fourth-order valence-corrected chi connectivity index (χ4v) is 7.10. The number of Topliss-reactive ketones (excluding diaryl/α,β-unsaturated/α-hetero) is 1. The van der Waals surface area contributed by atoms with Crippen LogP contribution in [0.3, 0.4) is 0 Å². The van der Waals surface area contributed by atoms with Crippen LogP contribution in [0.15, 0.2) is 12.7 Å². The van der Waals surface area contributed by atoms with Crippen LogP contribution in [-0.2, 0) is 14.3 Å². The second-order valence-electron chi connectivity index (χ2n) is 11.5. The molecule has 3 fully saturated rings. The largest absolute Gasteiger partial charge is 0.448 e. The van der Waals surface area contributed by atoms with Gasteiger partial charge in [-0.05, 0) is 57.0 Å². The van der Waals surface area contributed by atoms with Crippen molar-refractivity contribution in [3.63, 3.8) is 0 Å². The number of carbonyl (C=O) groups excluding carboxylic acids is 3. The first-order valence-corrected chi connectivity index (χ1v) is 12.5. The van der Waals surface area contributed by atoms with Crippen molar-refractivity contribution in [2.75, 3.05) is 27.2 Å². The predicted octanol–water partition coefficient (Wildman–Crippen LogP) is 3.77. The van der Waals surface area contributed by atoms with E-state index in [0.29, 0.717) is 19.4 Å². The van der Waals surface area contributed by atoms with Crippen molar-refractivity contribution in [2.24, 2.45) is 34.0 Å². The number of carbonyl (C=O) groups is 3. The minimum Gasteiger partial charge on any atom is -0.448 e. The molecular weight excluding hydrogens is 436 g/mol. The van der Waals surface area contributed by atoms with E-state index in [9.17, 15) is 19.5 Å². The van der Waals surface area contributed by atoms with Gasteiger partial charge in [-0.2, -0.15) is 0 Å². The molecule has 8 atom stereocenters. The van der Waals surface area contributed by atoms with Gasteiger partial charge in [0.2, 0.25) is 0 Å². The van der Waals surface area contributed by atoms with E-state index < -0.39 is 35.2 Å². The van der Waals surface area contributed by atoms with Crippen LogP contribution in [0, 0.1) is 34.0 Å². The molecule has 0 aromatic heterocycles. The van der Waals surface area contributed by atoms with E-state index in [0.717, 1.165) is 19.3 Å². The van der Waals surface area contributed by atoms with Crippen LogP contribution < -0.4 is 5.32 Å². The third kappa shape index (κ3) is 4.39. The molecule has 0 aliphatic heterocycles. The highest BCUT2D eigenvalue weighted by molar-refractivity contribution is 5.88. The summed E-state index contributed by atoms with van der Waals surface area (Å²) in [4.78, 5) is 40.2. The molecule has 2 bridgehead atoms. The Balaban J connectivity index is 1.93. The Hall–Kier alpha value is -1.93. The van der Waals surface area contributed by atoms with Gasteiger partial charge in [0.1, 0.15) is 18.5 Å². The normalized spacial score (nSPS) is 41.8. The molecule has 3 aliphatic rings. The molecule has 0 aromatic carbocycles. The van der Waals surface area contributed by atoms with Crippen molar-refractivity contribution in [1.29, 1.82) is 0 Å². The summed E-state index contributed by atoms with van der Waals surface area (Å²) in [5, 5.41) is 13.7. The van der Waals surface area contributed by atoms with E-state index in [1.165, 1.54) is 0 Å². The minimum absolute atomic E-state index is 0.0970. The minimum atomic E-state index is -0.899. The summed E-state index contributed by atoms with van der Waals surface area (Å²) in [6, 6.07) is 0.